The molecule has 0 atom stereocenters. The molecule has 0 aliphatic carbocycles. The molecule has 2 aromatic carbocycles. The zero-order chi connectivity index (χ0) is 16.4. The van der Waals surface area contributed by atoms with Crippen LogP contribution in [0.15, 0.2) is 64.3 Å². The summed E-state index contributed by atoms with van der Waals surface area (Å²) in [5.41, 5.74) is -0.643. The van der Waals surface area contributed by atoms with Crippen molar-refractivity contribution in [2.45, 2.75) is 0 Å². The second kappa shape index (κ2) is 6.32. The predicted octanol–water partition coefficient (Wildman–Crippen LogP) is 3.62. The first kappa shape index (κ1) is 15.4. The number of H-pyrrole nitrogens is 1. The van der Waals surface area contributed by atoms with Gasteiger partial charge in [-0.05, 0) is 24.3 Å². The van der Waals surface area contributed by atoms with Crippen molar-refractivity contribution >= 4 is 23.2 Å². The van der Waals surface area contributed by atoms with Crippen molar-refractivity contribution in [3.63, 3.8) is 0 Å². The first-order chi connectivity index (χ1) is 11.0. The van der Waals surface area contributed by atoms with Gasteiger partial charge in [-0.3, -0.25) is 14.3 Å². The lowest BCUT2D eigenvalue weighted by molar-refractivity contribution is 0.483. The second-order valence-corrected chi connectivity index (χ2v) is 5.45. The maximum atomic E-state index is 11.8. The molecular weight excluding hydrogens is 339 g/mol. The fourth-order valence-corrected chi connectivity index (χ4v) is 2.56. The Labute approximate surface area is 140 Å². The summed E-state index contributed by atoms with van der Waals surface area (Å²) >= 11 is 12.4. The number of nitrogens with zero attached hydrogens (tertiary/aromatic N) is 1. The highest BCUT2D eigenvalue weighted by Gasteiger charge is 2.12. The molecule has 0 radical (unpaired) electrons. The van der Waals surface area contributed by atoms with Crippen molar-refractivity contribution in [1.29, 1.82) is 0 Å². The highest BCUT2D eigenvalue weighted by atomic mass is 35.5. The molecule has 0 unspecified atom stereocenters. The molecule has 3 rings (SSSR count). The van der Waals surface area contributed by atoms with Crippen LogP contribution in [-0.4, -0.2) is 9.55 Å². The highest BCUT2D eigenvalue weighted by Crippen LogP contribution is 2.37. The van der Waals surface area contributed by atoms with Crippen molar-refractivity contribution in [2.75, 3.05) is 0 Å². The van der Waals surface area contributed by atoms with Crippen molar-refractivity contribution < 1.29 is 4.74 Å². The quantitative estimate of drug-likeness (QED) is 0.785. The number of nitrogens with one attached hydrogen (secondary N) is 1. The molecule has 23 heavy (non-hydrogen) atoms. The van der Waals surface area contributed by atoms with Gasteiger partial charge in [0.25, 0.3) is 5.56 Å². The van der Waals surface area contributed by atoms with E-state index < -0.39 is 11.2 Å². The predicted molar refractivity (Wildman–Crippen MR) is 89.2 cm³/mol. The van der Waals surface area contributed by atoms with Gasteiger partial charge in [0, 0.05) is 12.3 Å². The Balaban J connectivity index is 2.04. The van der Waals surface area contributed by atoms with Crippen molar-refractivity contribution in [1.82, 2.24) is 9.55 Å². The molecule has 0 aliphatic heterocycles. The molecule has 0 fully saturated rings. The van der Waals surface area contributed by atoms with E-state index in [0.29, 0.717) is 17.2 Å². The van der Waals surface area contributed by atoms with E-state index in [1.807, 2.05) is 18.2 Å². The molecular formula is C16H10Cl2N2O3. The Bertz CT molecular complexity index is 942. The number of rotatable bonds is 3. The van der Waals surface area contributed by atoms with Gasteiger partial charge in [0.15, 0.2) is 5.75 Å². The van der Waals surface area contributed by atoms with E-state index in [1.165, 1.54) is 29.0 Å². The maximum Gasteiger partial charge on any atom is 0.332 e. The molecule has 0 saturated carbocycles. The van der Waals surface area contributed by atoms with Crippen LogP contribution in [-0.2, 0) is 0 Å². The van der Waals surface area contributed by atoms with Crippen molar-refractivity contribution in [3.8, 4) is 17.2 Å². The number of hydrogen-bond donors (Lipinski definition) is 1. The zero-order valence-corrected chi connectivity index (χ0v) is 13.1. The number of halogens is 2. The number of hydrogen-bond acceptors (Lipinski definition) is 3. The largest absolute Gasteiger partial charge is 0.454 e. The fraction of sp³-hybridized carbons (Fsp3) is 0. The molecule has 7 heteroatoms. The summed E-state index contributed by atoms with van der Waals surface area (Å²) < 4.78 is 6.90. The average Bonchev–Trinajstić information content (AvgIpc) is 2.52. The van der Waals surface area contributed by atoms with Gasteiger partial charge in [-0.1, -0.05) is 41.4 Å². The standard InChI is InChI=1S/C16H10Cl2N2O3/c17-12-8-10(20-7-6-14(21)19-16(20)22)9-13(18)15(12)23-11-4-2-1-3-5-11/h1-9H,(H,19,21,22). The Morgan fingerprint density at radius 1 is 0.957 bits per heavy atom. The van der Waals surface area contributed by atoms with E-state index in [1.54, 1.807) is 12.1 Å². The smallest absolute Gasteiger partial charge is 0.332 e. The fourth-order valence-electron chi connectivity index (χ4n) is 2.01. The summed E-state index contributed by atoms with van der Waals surface area (Å²) in [6.07, 6.45) is 1.35. The molecule has 0 aliphatic rings. The van der Waals surface area contributed by atoms with E-state index in [0.717, 1.165) is 0 Å². The molecule has 0 amide bonds. The molecule has 1 N–H and O–H groups in total. The lowest BCUT2D eigenvalue weighted by Crippen LogP contribution is -2.27. The average molecular weight is 349 g/mol. The minimum Gasteiger partial charge on any atom is -0.454 e. The van der Waals surface area contributed by atoms with Gasteiger partial charge >= 0.3 is 5.69 Å². The van der Waals surface area contributed by atoms with Gasteiger partial charge < -0.3 is 4.74 Å². The molecule has 0 saturated heterocycles. The van der Waals surface area contributed by atoms with Crippen LogP contribution in [0.2, 0.25) is 10.0 Å². The minimum atomic E-state index is -0.582. The first-order valence-corrected chi connectivity index (χ1v) is 7.34. The molecule has 0 spiro atoms. The van der Waals surface area contributed by atoms with E-state index >= 15 is 0 Å². The molecule has 3 aromatic rings. The number of benzene rings is 2. The van der Waals surface area contributed by atoms with E-state index in [-0.39, 0.29) is 10.0 Å². The van der Waals surface area contributed by atoms with E-state index in [2.05, 4.69) is 4.98 Å². The van der Waals surface area contributed by atoms with Gasteiger partial charge in [-0.2, -0.15) is 0 Å². The number of aromatic nitrogens is 2. The third-order valence-electron chi connectivity index (χ3n) is 3.05. The monoisotopic (exact) mass is 348 g/mol. The third kappa shape index (κ3) is 3.31. The molecule has 5 nitrogen and oxygen atoms in total. The van der Waals surface area contributed by atoms with Crippen LogP contribution >= 0.6 is 23.2 Å². The Hall–Kier alpha value is -2.50. The summed E-state index contributed by atoms with van der Waals surface area (Å²) in [4.78, 5) is 25.1. The number of para-hydroxylation sites is 1. The SMILES string of the molecule is O=c1ccn(-c2cc(Cl)c(Oc3ccccc3)c(Cl)c2)c(=O)[nH]1. The van der Waals surface area contributed by atoms with Gasteiger partial charge in [0.2, 0.25) is 0 Å². The number of ether oxygens (including phenoxy) is 1. The van der Waals surface area contributed by atoms with Crippen LogP contribution in [0.5, 0.6) is 11.5 Å². The maximum absolute atomic E-state index is 11.8. The van der Waals surface area contributed by atoms with Crippen molar-refractivity contribution in [2.24, 2.45) is 0 Å². The molecule has 1 heterocycles. The lowest BCUT2D eigenvalue weighted by Gasteiger charge is -2.12. The molecule has 1 aromatic heterocycles. The molecule has 0 bridgehead atoms. The zero-order valence-electron chi connectivity index (χ0n) is 11.6. The Kier molecular flexibility index (Phi) is 4.23. The van der Waals surface area contributed by atoms with Gasteiger partial charge in [-0.25, -0.2) is 4.79 Å². The topological polar surface area (TPSA) is 64.1 Å². The van der Waals surface area contributed by atoms with E-state index in [4.69, 9.17) is 27.9 Å². The summed E-state index contributed by atoms with van der Waals surface area (Å²) in [5.74, 6) is 0.881. The normalized spacial score (nSPS) is 10.5. The van der Waals surface area contributed by atoms with Gasteiger partial charge in [0.1, 0.15) is 5.75 Å². The first-order valence-electron chi connectivity index (χ1n) is 6.59. The van der Waals surface area contributed by atoms with Gasteiger partial charge in [0.05, 0.1) is 15.7 Å². The van der Waals surface area contributed by atoms with Crippen LogP contribution in [0.4, 0.5) is 0 Å². The van der Waals surface area contributed by atoms with Crippen LogP contribution < -0.4 is 16.0 Å². The highest BCUT2D eigenvalue weighted by molar-refractivity contribution is 6.37. The molecule has 116 valence electrons. The second-order valence-electron chi connectivity index (χ2n) is 4.63. The third-order valence-corrected chi connectivity index (χ3v) is 3.61. The van der Waals surface area contributed by atoms with Crippen molar-refractivity contribution in [3.05, 3.63) is 85.6 Å². The van der Waals surface area contributed by atoms with Crippen LogP contribution in [0.3, 0.4) is 0 Å². The van der Waals surface area contributed by atoms with Crippen LogP contribution in [0.1, 0.15) is 0 Å². The number of aromatic amines is 1. The summed E-state index contributed by atoms with van der Waals surface area (Å²) in [6, 6.07) is 13.4. The summed E-state index contributed by atoms with van der Waals surface area (Å²) in [6.45, 7) is 0. The summed E-state index contributed by atoms with van der Waals surface area (Å²) in [5, 5.41) is 0.490. The lowest BCUT2D eigenvalue weighted by atomic mass is 10.3. The summed E-state index contributed by atoms with van der Waals surface area (Å²) in [7, 11) is 0. The Morgan fingerprint density at radius 2 is 1.61 bits per heavy atom. The Morgan fingerprint density at radius 3 is 2.22 bits per heavy atom. The van der Waals surface area contributed by atoms with E-state index in [9.17, 15) is 9.59 Å². The van der Waals surface area contributed by atoms with Crippen LogP contribution in [0.25, 0.3) is 5.69 Å². The van der Waals surface area contributed by atoms with Crippen LogP contribution in [0, 0.1) is 0 Å². The van der Waals surface area contributed by atoms with Gasteiger partial charge in [-0.15, -0.1) is 0 Å². The minimum absolute atomic E-state index is 0.245.